The van der Waals surface area contributed by atoms with Gasteiger partial charge in [-0.1, -0.05) is 0 Å². The number of aromatic nitrogens is 2. The first-order valence-electron chi connectivity index (χ1n) is 7.26. The van der Waals surface area contributed by atoms with E-state index in [0.29, 0.717) is 24.3 Å². The smallest absolute Gasteiger partial charge is 0.277 e. The van der Waals surface area contributed by atoms with Gasteiger partial charge in [-0.2, -0.15) is 18.3 Å². The molecule has 2 aromatic carbocycles. The molecule has 0 atom stereocenters. The van der Waals surface area contributed by atoms with E-state index in [9.17, 15) is 30.4 Å². The molecule has 0 amide bonds. The Hall–Kier alpha value is -2.95. The standard InChI is InChI=1S/C16H10F5N3O2S/c17-11-7-12(18)9-13(8-11)27(25,26)23-14-6-10(16(19,20)21)2-3-15(14)24-5-1-4-22-24/h1-9,23H. The van der Waals surface area contributed by atoms with E-state index in [1.807, 2.05) is 4.72 Å². The van der Waals surface area contributed by atoms with E-state index in [4.69, 9.17) is 0 Å². The van der Waals surface area contributed by atoms with Gasteiger partial charge in [0, 0.05) is 18.5 Å². The summed E-state index contributed by atoms with van der Waals surface area (Å²) >= 11 is 0. The van der Waals surface area contributed by atoms with E-state index in [-0.39, 0.29) is 5.69 Å². The Kier molecular flexibility index (Phi) is 4.64. The minimum Gasteiger partial charge on any atom is -0.277 e. The number of halogens is 5. The quantitative estimate of drug-likeness (QED) is 0.671. The van der Waals surface area contributed by atoms with Gasteiger partial charge >= 0.3 is 6.18 Å². The fourth-order valence-electron chi connectivity index (χ4n) is 2.29. The Bertz CT molecular complexity index is 1060. The van der Waals surface area contributed by atoms with Crippen molar-refractivity contribution in [2.45, 2.75) is 11.1 Å². The number of hydrogen-bond acceptors (Lipinski definition) is 3. The molecule has 1 heterocycles. The van der Waals surface area contributed by atoms with Crippen LogP contribution in [0.3, 0.4) is 0 Å². The van der Waals surface area contributed by atoms with Gasteiger partial charge in [-0.25, -0.2) is 21.9 Å². The fraction of sp³-hybridized carbons (Fsp3) is 0.0625. The number of sulfonamides is 1. The molecule has 0 aliphatic carbocycles. The highest BCUT2D eigenvalue weighted by molar-refractivity contribution is 7.92. The summed E-state index contributed by atoms with van der Waals surface area (Å²) in [5, 5.41) is 3.85. The van der Waals surface area contributed by atoms with E-state index >= 15 is 0 Å². The number of nitrogens with one attached hydrogen (secondary N) is 1. The van der Waals surface area contributed by atoms with Crippen molar-refractivity contribution < 1.29 is 30.4 Å². The number of benzene rings is 2. The molecule has 1 N–H and O–H groups in total. The summed E-state index contributed by atoms with van der Waals surface area (Å²) in [5.41, 5.74) is -1.58. The first-order valence-corrected chi connectivity index (χ1v) is 8.75. The van der Waals surface area contributed by atoms with Gasteiger partial charge in [-0.05, 0) is 36.4 Å². The third-order valence-corrected chi connectivity index (χ3v) is 4.81. The van der Waals surface area contributed by atoms with Crippen LogP contribution in [0.2, 0.25) is 0 Å². The van der Waals surface area contributed by atoms with Gasteiger partial charge in [0.2, 0.25) is 0 Å². The monoisotopic (exact) mass is 403 g/mol. The lowest BCUT2D eigenvalue weighted by Crippen LogP contribution is -2.16. The molecule has 0 radical (unpaired) electrons. The van der Waals surface area contributed by atoms with Gasteiger partial charge in [-0.15, -0.1) is 0 Å². The highest BCUT2D eigenvalue weighted by Crippen LogP contribution is 2.34. The number of hydrogen-bond donors (Lipinski definition) is 1. The molecule has 27 heavy (non-hydrogen) atoms. The zero-order chi connectivity index (χ0) is 19.8. The van der Waals surface area contributed by atoms with Crippen LogP contribution in [0.1, 0.15) is 5.56 Å². The predicted octanol–water partition coefficient (Wildman–Crippen LogP) is 3.97. The zero-order valence-corrected chi connectivity index (χ0v) is 14.0. The predicted molar refractivity (Wildman–Crippen MR) is 85.7 cm³/mol. The van der Waals surface area contributed by atoms with Gasteiger partial charge in [-0.3, -0.25) is 4.72 Å². The maximum atomic E-state index is 13.3. The fourth-order valence-corrected chi connectivity index (χ4v) is 3.40. The van der Waals surface area contributed by atoms with E-state index < -0.39 is 44.0 Å². The van der Waals surface area contributed by atoms with Crippen LogP contribution in [0.4, 0.5) is 27.6 Å². The Morgan fingerprint density at radius 1 is 1.00 bits per heavy atom. The van der Waals surface area contributed by atoms with Crippen molar-refractivity contribution in [2.24, 2.45) is 0 Å². The molecular formula is C16H10F5N3O2S. The van der Waals surface area contributed by atoms with Gasteiger partial charge in [0.05, 0.1) is 21.8 Å². The van der Waals surface area contributed by atoms with Crippen molar-refractivity contribution in [3.05, 3.63) is 72.1 Å². The van der Waals surface area contributed by atoms with Crippen LogP contribution < -0.4 is 4.72 Å². The van der Waals surface area contributed by atoms with Crippen LogP contribution >= 0.6 is 0 Å². The first kappa shape index (κ1) is 18.8. The van der Waals surface area contributed by atoms with Crippen molar-refractivity contribution in [1.82, 2.24) is 9.78 Å². The maximum absolute atomic E-state index is 13.3. The Morgan fingerprint density at radius 2 is 1.67 bits per heavy atom. The molecule has 142 valence electrons. The molecule has 0 spiro atoms. The number of rotatable bonds is 4. The Balaban J connectivity index is 2.11. The lowest BCUT2D eigenvalue weighted by atomic mass is 10.1. The highest BCUT2D eigenvalue weighted by atomic mass is 32.2. The maximum Gasteiger partial charge on any atom is 0.416 e. The van der Waals surface area contributed by atoms with Crippen LogP contribution in [0.25, 0.3) is 5.69 Å². The summed E-state index contributed by atoms with van der Waals surface area (Å²) in [6, 6.07) is 5.41. The normalized spacial score (nSPS) is 12.2. The molecule has 0 saturated carbocycles. The third-order valence-electron chi connectivity index (χ3n) is 3.47. The average Bonchev–Trinajstić information content (AvgIpc) is 3.07. The first-order chi connectivity index (χ1) is 12.6. The molecule has 0 fully saturated rings. The van der Waals surface area contributed by atoms with Crippen LogP contribution in [0.15, 0.2) is 59.8 Å². The zero-order valence-electron chi connectivity index (χ0n) is 13.2. The number of anilines is 1. The molecule has 5 nitrogen and oxygen atoms in total. The van der Waals surface area contributed by atoms with Gasteiger partial charge in [0.15, 0.2) is 0 Å². The highest BCUT2D eigenvalue weighted by Gasteiger charge is 2.32. The van der Waals surface area contributed by atoms with Crippen LogP contribution in [0.5, 0.6) is 0 Å². The van der Waals surface area contributed by atoms with E-state index in [2.05, 4.69) is 5.10 Å². The largest absolute Gasteiger partial charge is 0.416 e. The third kappa shape index (κ3) is 4.08. The molecule has 0 bridgehead atoms. The van der Waals surface area contributed by atoms with Crippen molar-refractivity contribution in [3.8, 4) is 5.69 Å². The Labute approximate surface area is 150 Å². The molecule has 3 aromatic rings. The summed E-state index contributed by atoms with van der Waals surface area (Å²) in [7, 11) is -4.57. The van der Waals surface area contributed by atoms with Crippen LogP contribution in [-0.2, 0) is 16.2 Å². The summed E-state index contributed by atoms with van der Waals surface area (Å²) < 4.78 is 93.6. The second kappa shape index (κ2) is 6.65. The molecule has 11 heteroatoms. The van der Waals surface area contributed by atoms with Crippen molar-refractivity contribution in [2.75, 3.05) is 4.72 Å². The van der Waals surface area contributed by atoms with Crippen molar-refractivity contribution in [3.63, 3.8) is 0 Å². The second-order valence-electron chi connectivity index (χ2n) is 5.39. The molecular weight excluding hydrogens is 393 g/mol. The van der Waals surface area contributed by atoms with Gasteiger partial charge < -0.3 is 0 Å². The second-order valence-corrected chi connectivity index (χ2v) is 7.07. The molecule has 0 saturated heterocycles. The molecule has 3 rings (SSSR count). The van der Waals surface area contributed by atoms with E-state index in [1.165, 1.54) is 18.5 Å². The summed E-state index contributed by atoms with van der Waals surface area (Å²) in [6.45, 7) is 0. The molecule has 0 aliphatic heterocycles. The summed E-state index contributed by atoms with van der Waals surface area (Å²) in [4.78, 5) is -0.774. The Morgan fingerprint density at radius 3 is 2.22 bits per heavy atom. The minimum atomic E-state index is -4.73. The number of nitrogens with zero attached hydrogens (tertiary/aromatic N) is 2. The van der Waals surface area contributed by atoms with E-state index in [1.54, 1.807) is 0 Å². The van der Waals surface area contributed by atoms with Crippen LogP contribution in [-0.4, -0.2) is 18.2 Å². The molecule has 0 unspecified atom stereocenters. The van der Waals surface area contributed by atoms with Crippen molar-refractivity contribution >= 4 is 15.7 Å². The molecule has 0 aliphatic rings. The molecule has 1 aromatic heterocycles. The SMILES string of the molecule is O=S(=O)(Nc1cc(C(F)(F)F)ccc1-n1cccn1)c1cc(F)cc(F)c1. The van der Waals surface area contributed by atoms with E-state index in [0.717, 1.165) is 16.8 Å². The lowest BCUT2D eigenvalue weighted by Gasteiger charge is -2.15. The minimum absolute atomic E-state index is 0.00606. The summed E-state index contributed by atoms with van der Waals surface area (Å²) in [5.74, 6) is -2.29. The number of alkyl halides is 3. The lowest BCUT2D eigenvalue weighted by molar-refractivity contribution is -0.137. The van der Waals surface area contributed by atoms with Crippen LogP contribution in [0, 0.1) is 11.6 Å². The average molecular weight is 403 g/mol. The topological polar surface area (TPSA) is 64.0 Å². The van der Waals surface area contributed by atoms with Gasteiger partial charge in [0.1, 0.15) is 11.6 Å². The summed E-state index contributed by atoms with van der Waals surface area (Å²) in [6.07, 6.45) is -1.99. The van der Waals surface area contributed by atoms with Gasteiger partial charge in [0.25, 0.3) is 10.0 Å². The van der Waals surface area contributed by atoms with Crippen molar-refractivity contribution in [1.29, 1.82) is 0 Å².